The fraction of sp³-hybridized carbons (Fsp3) is 0.348. The van der Waals surface area contributed by atoms with E-state index in [2.05, 4.69) is 32.0 Å². The van der Waals surface area contributed by atoms with E-state index in [0.29, 0.717) is 23.9 Å². The summed E-state index contributed by atoms with van der Waals surface area (Å²) in [7, 11) is 2.13. The lowest BCUT2D eigenvalue weighted by Crippen LogP contribution is -2.35. The van der Waals surface area contributed by atoms with Crippen molar-refractivity contribution in [2.24, 2.45) is 5.10 Å². The monoisotopic (exact) mass is 480 g/mol. The van der Waals surface area contributed by atoms with Gasteiger partial charge in [0.05, 0.1) is 24.7 Å². The van der Waals surface area contributed by atoms with Crippen molar-refractivity contribution in [1.29, 1.82) is 0 Å². The molecule has 2 aliphatic heterocycles. The summed E-state index contributed by atoms with van der Waals surface area (Å²) in [5.74, 6) is 1.87. The Morgan fingerprint density at radius 1 is 1.15 bits per heavy atom. The van der Waals surface area contributed by atoms with E-state index in [9.17, 15) is 4.79 Å². The van der Waals surface area contributed by atoms with Gasteiger partial charge < -0.3 is 9.64 Å². The minimum absolute atomic E-state index is 0.0626. The average molecular weight is 481 g/mol. The molecule has 170 valence electrons. The van der Waals surface area contributed by atoms with E-state index < -0.39 is 0 Å². The fourth-order valence-electron chi connectivity index (χ4n) is 3.79. The number of aromatic nitrogens is 3. The van der Waals surface area contributed by atoms with Crippen LogP contribution in [0.4, 0.5) is 4.79 Å². The molecule has 1 aromatic carbocycles. The molecule has 0 aliphatic carbocycles. The van der Waals surface area contributed by atoms with Crippen molar-refractivity contribution < 1.29 is 9.53 Å². The first-order valence-corrected chi connectivity index (χ1v) is 12.7. The van der Waals surface area contributed by atoms with Gasteiger partial charge in [0.15, 0.2) is 11.6 Å². The highest BCUT2D eigenvalue weighted by Gasteiger charge is 2.23. The molecule has 3 aromatic rings. The molecule has 0 radical (unpaired) electrons. The molecule has 0 spiro atoms. The Morgan fingerprint density at radius 2 is 1.97 bits per heavy atom. The largest absolute Gasteiger partial charge is 0.487 e. The van der Waals surface area contributed by atoms with E-state index in [0.717, 1.165) is 47.8 Å². The van der Waals surface area contributed by atoms with Gasteiger partial charge in [-0.15, -0.1) is 11.3 Å². The number of carbonyl (C=O) groups excluding carboxylic acids is 1. The van der Waals surface area contributed by atoms with E-state index in [1.165, 1.54) is 28.1 Å². The van der Waals surface area contributed by atoms with Gasteiger partial charge in [-0.3, -0.25) is 4.79 Å². The number of ether oxygens (including phenoxy) is 1. The molecule has 8 nitrogen and oxygen atoms in total. The summed E-state index contributed by atoms with van der Waals surface area (Å²) < 4.78 is 6.05. The first kappa shape index (κ1) is 22.0. The number of piperidine rings is 1. The second-order valence-electron chi connectivity index (χ2n) is 8.06. The predicted octanol–water partition coefficient (Wildman–Crippen LogP) is 4.15. The summed E-state index contributed by atoms with van der Waals surface area (Å²) in [5, 5.41) is 8.76. The van der Waals surface area contributed by atoms with Crippen LogP contribution in [0.3, 0.4) is 0 Å². The zero-order valence-electron chi connectivity index (χ0n) is 18.3. The molecule has 0 N–H and O–H groups in total. The lowest BCUT2D eigenvalue weighted by atomic mass is 10.1. The smallest absolute Gasteiger partial charge is 0.302 e. The quantitative estimate of drug-likeness (QED) is 0.524. The summed E-state index contributed by atoms with van der Waals surface area (Å²) in [6, 6.07) is 7.89. The van der Waals surface area contributed by atoms with Crippen molar-refractivity contribution in [2.75, 3.05) is 25.9 Å². The van der Waals surface area contributed by atoms with Crippen LogP contribution in [-0.2, 0) is 6.54 Å². The second-order valence-corrected chi connectivity index (χ2v) is 9.88. The van der Waals surface area contributed by atoms with Gasteiger partial charge in [0, 0.05) is 30.2 Å². The maximum Gasteiger partial charge on any atom is 0.302 e. The van der Waals surface area contributed by atoms with Crippen LogP contribution >= 0.6 is 23.1 Å². The molecule has 0 atom stereocenters. The standard InChI is InChI=1S/C23H24N6O2S2/c1-28-8-5-18(6-9-28)31-19-12-25-21(26-13-19)17-4-2-3-16(11-17)14-29-23(30)33-15-20(27-29)22-24-7-10-32-22/h2-4,7,10-13,18H,5-6,8-9,14-15H2,1H3. The van der Waals surface area contributed by atoms with Crippen LogP contribution in [0.25, 0.3) is 11.4 Å². The van der Waals surface area contributed by atoms with Crippen molar-refractivity contribution in [1.82, 2.24) is 24.9 Å². The highest BCUT2D eigenvalue weighted by atomic mass is 32.2. The number of nitrogens with zero attached hydrogens (tertiary/aromatic N) is 6. The topological polar surface area (TPSA) is 83.8 Å². The van der Waals surface area contributed by atoms with Crippen molar-refractivity contribution in [3.05, 3.63) is 58.8 Å². The van der Waals surface area contributed by atoms with Crippen LogP contribution in [0.2, 0.25) is 0 Å². The minimum Gasteiger partial charge on any atom is -0.487 e. The summed E-state index contributed by atoms with van der Waals surface area (Å²) >= 11 is 2.78. The van der Waals surface area contributed by atoms with E-state index in [4.69, 9.17) is 4.74 Å². The molecule has 2 aromatic heterocycles. The first-order valence-electron chi connectivity index (χ1n) is 10.8. The third-order valence-corrected chi connectivity index (χ3v) is 7.28. The molecule has 1 saturated heterocycles. The molecule has 2 aliphatic rings. The Hall–Kier alpha value is -2.82. The molecule has 33 heavy (non-hydrogen) atoms. The van der Waals surface area contributed by atoms with Crippen molar-refractivity contribution in [3.8, 4) is 17.1 Å². The number of hydrogen-bond acceptors (Lipinski definition) is 9. The number of likely N-dealkylation sites (tertiary alicyclic amines) is 1. The third kappa shape index (κ3) is 5.40. The molecule has 0 unspecified atom stereocenters. The van der Waals surface area contributed by atoms with Crippen LogP contribution in [0.15, 0.2) is 53.3 Å². The van der Waals surface area contributed by atoms with Crippen LogP contribution in [-0.4, -0.2) is 67.8 Å². The summed E-state index contributed by atoms with van der Waals surface area (Å²) in [6.07, 6.45) is 7.47. The van der Waals surface area contributed by atoms with Crippen molar-refractivity contribution in [2.45, 2.75) is 25.5 Å². The SMILES string of the molecule is CN1CCC(Oc2cnc(-c3cccc(CN4N=C(c5nccs5)CSC4=O)c3)nc2)CC1. The Morgan fingerprint density at radius 3 is 2.73 bits per heavy atom. The maximum absolute atomic E-state index is 12.4. The van der Waals surface area contributed by atoms with Crippen LogP contribution < -0.4 is 4.74 Å². The summed E-state index contributed by atoms with van der Waals surface area (Å²) in [4.78, 5) is 28.1. The van der Waals surface area contributed by atoms with Gasteiger partial charge in [0.25, 0.3) is 0 Å². The molecular formula is C23H24N6O2S2. The molecule has 1 fully saturated rings. The van der Waals surface area contributed by atoms with Crippen molar-refractivity contribution >= 4 is 34.0 Å². The molecule has 4 heterocycles. The van der Waals surface area contributed by atoms with Gasteiger partial charge in [0.2, 0.25) is 0 Å². The Balaban J connectivity index is 1.27. The molecule has 0 bridgehead atoms. The lowest BCUT2D eigenvalue weighted by Gasteiger charge is -2.29. The Bertz CT molecular complexity index is 1130. The van der Waals surface area contributed by atoms with Crippen LogP contribution in [0.1, 0.15) is 23.4 Å². The predicted molar refractivity (Wildman–Crippen MR) is 131 cm³/mol. The molecule has 0 saturated carbocycles. The lowest BCUT2D eigenvalue weighted by molar-refractivity contribution is 0.113. The minimum atomic E-state index is -0.0626. The van der Waals surface area contributed by atoms with E-state index in [-0.39, 0.29) is 11.3 Å². The Kier molecular flexibility index (Phi) is 6.65. The van der Waals surface area contributed by atoms with Gasteiger partial charge in [-0.1, -0.05) is 30.0 Å². The second kappa shape index (κ2) is 9.98. The number of amides is 1. The Labute approximate surface area is 200 Å². The van der Waals surface area contributed by atoms with Gasteiger partial charge in [-0.25, -0.2) is 20.0 Å². The fourth-order valence-corrected chi connectivity index (χ4v) is 5.22. The number of benzene rings is 1. The van der Waals surface area contributed by atoms with Gasteiger partial charge in [-0.05, 0) is 31.5 Å². The number of thiazole rings is 1. The molecule has 10 heteroatoms. The molecule has 5 rings (SSSR count). The third-order valence-electron chi connectivity index (χ3n) is 5.58. The van der Waals surface area contributed by atoms with E-state index in [1.54, 1.807) is 18.6 Å². The number of rotatable bonds is 6. The number of carbonyl (C=O) groups is 1. The average Bonchev–Trinajstić information content (AvgIpc) is 3.38. The molecule has 1 amide bonds. The normalized spacial score (nSPS) is 17.8. The van der Waals surface area contributed by atoms with Gasteiger partial charge in [-0.2, -0.15) is 5.10 Å². The molecular weight excluding hydrogens is 456 g/mol. The van der Waals surface area contributed by atoms with Crippen molar-refractivity contribution in [3.63, 3.8) is 0 Å². The number of hydrogen-bond donors (Lipinski definition) is 0. The highest BCUT2D eigenvalue weighted by molar-refractivity contribution is 8.14. The summed E-state index contributed by atoms with van der Waals surface area (Å²) in [6.45, 7) is 2.47. The summed E-state index contributed by atoms with van der Waals surface area (Å²) in [5.41, 5.74) is 2.68. The van der Waals surface area contributed by atoms with Crippen LogP contribution in [0.5, 0.6) is 5.75 Å². The van der Waals surface area contributed by atoms with Gasteiger partial charge >= 0.3 is 5.24 Å². The number of hydrazone groups is 1. The zero-order valence-corrected chi connectivity index (χ0v) is 19.9. The highest BCUT2D eigenvalue weighted by Crippen LogP contribution is 2.25. The van der Waals surface area contributed by atoms with E-state index in [1.807, 2.05) is 29.6 Å². The van der Waals surface area contributed by atoms with E-state index >= 15 is 0 Å². The number of thioether (sulfide) groups is 1. The van der Waals surface area contributed by atoms with Crippen LogP contribution in [0, 0.1) is 0 Å². The van der Waals surface area contributed by atoms with Gasteiger partial charge in [0.1, 0.15) is 16.8 Å². The zero-order chi connectivity index (χ0) is 22.6. The maximum atomic E-state index is 12.4. The first-order chi connectivity index (χ1) is 16.1.